The van der Waals surface area contributed by atoms with Gasteiger partial charge in [0.1, 0.15) is 61.0 Å². The monoisotopic (exact) mass is 600 g/mol. The van der Waals surface area contributed by atoms with Crippen LogP contribution in [0.25, 0.3) is 0 Å². The third-order valence-electron chi connectivity index (χ3n) is 7.34. The number of aliphatic hydroxyl groups excluding tert-OH is 9. The lowest BCUT2D eigenvalue weighted by molar-refractivity contribution is -0.373. The molecule has 0 aliphatic carbocycles. The summed E-state index contributed by atoms with van der Waals surface area (Å²) in [5.74, 6) is -3.18. The van der Waals surface area contributed by atoms with Gasteiger partial charge in [-0.05, 0) is 0 Å². The maximum atomic E-state index is 12.4. The lowest BCUT2D eigenvalue weighted by atomic mass is 9.88. The van der Waals surface area contributed by atoms with Gasteiger partial charge < -0.3 is 80.7 Å². The summed E-state index contributed by atoms with van der Waals surface area (Å²) in [6.07, 6.45) is -20.6. The minimum atomic E-state index is -2.52. The van der Waals surface area contributed by atoms with Crippen LogP contribution < -0.4 is 11.1 Å². The lowest BCUT2D eigenvalue weighted by Gasteiger charge is -2.50. The van der Waals surface area contributed by atoms with Gasteiger partial charge in [-0.1, -0.05) is 0 Å². The van der Waals surface area contributed by atoms with Crippen molar-refractivity contribution in [1.29, 1.82) is 0 Å². The number of amides is 1. The van der Waals surface area contributed by atoms with Gasteiger partial charge in [0.25, 0.3) is 0 Å². The van der Waals surface area contributed by atoms with Crippen molar-refractivity contribution >= 4 is 12.2 Å². The summed E-state index contributed by atoms with van der Waals surface area (Å²) in [4.78, 5) is 24.1. The lowest BCUT2D eigenvalue weighted by Crippen LogP contribution is -2.69. The average molecular weight is 601 g/mol. The molecule has 0 saturated carbocycles. The highest BCUT2D eigenvalue weighted by atomic mass is 16.7. The van der Waals surface area contributed by atoms with Crippen molar-refractivity contribution in [3.63, 3.8) is 0 Å². The highest BCUT2D eigenvalue weighted by Crippen LogP contribution is 2.36. The number of aldehydes is 1. The van der Waals surface area contributed by atoms with Gasteiger partial charge in [-0.25, -0.2) is 0 Å². The molecule has 3 heterocycles. The molecule has 0 spiro atoms. The fraction of sp³-hybridized carbons (Fsp3) is 0.913. The van der Waals surface area contributed by atoms with Crippen molar-refractivity contribution in [2.24, 2.45) is 5.73 Å². The molecule has 0 bridgehead atoms. The van der Waals surface area contributed by atoms with Crippen LogP contribution >= 0.6 is 0 Å². The first-order valence-corrected chi connectivity index (χ1v) is 13.0. The number of ether oxygens (including phenoxy) is 5. The van der Waals surface area contributed by atoms with Crippen molar-refractivity contribution in [3.05, 3.63) is 0 Å². The molecule has 12 N–H and O–H groups in total. The van der Waals surface area contributed by atoms with Gasteiger partial charge in [0.2, 0.25) is 11.7 Å². The first-order chi connectivity index (χ1) is 19.3. The predicted octanol–water partition coefficient (Wildman–Crippen LogP) is -7.46. The van der Waals surface area contributed by atoms with E-state index in [1.807, 2.05) is 0 Å². The topological polar surface area (TPSA) is 300 Å². The summed E-state index contributed by atoms with van der Waals surface area (Å²) in [6, 6.07) is -2.32. The highest BCUT2D eigenvalue weighted by Gasteiger charge is 2.56. The molecular formula is C23H40N2O16. The summed E-state index contributed by atoms with van der Waals surface area (Å²) in [5, 5.41) is 94.9. The summed E-state index contributed by atoms with van der Waals surface area (Å²) in [7, 11) is 0. The van der Waals surface area contributed by atoms with Crippen molar-refractivity contribution in [2.75, 3.05) is 26.4 Å². The molecule has 3 aliphatic rings. The quantitative estimate of drug-likeness (QED) is 0.0981. The van der Waals surface area contributed by atoms with Crippen molar-refractivity contribution in [3.8, 4) is 0 Å². The predicted molar refractivity (Wildman–Crippen MR) is 129 cm³/mol. The molecule has 238 valence electrons. The van der Waals surface area contributed by atoms with E-state index in [9.17, 15) is 55.5 Å². The third kappa shape index (κ3) is 7.37. The maximum Gasteiger partial charge on any atom is 0.229 e. The number of aliphatic hydroxyl groups is 9. The fourth-order valence-electron chi connectivity index (χ4n) is 5.10. The fourth-order valence-corrected chi connectivity index (χ4v) is 5.10. The summed E-state index contributed by atoms with van der Waals surface area (Å²) in [5.41, 5.74) is 5.81. The number of carbonyl (C=O) groups is 2. The van der Waals surface area contributed by atoms with Gasteiger partial charge in [0.05, 0.1) is 44.6 Å². The molecule has 18 heteroatoms. The van der Waals surface area contributed by atoms with Gasteiger partial charge in [0.15, 0.2) is 12.6 Å². The Morgan fingerprint density at radius 3 is 2.29 bits per heavy atom. The van der Waals surface area contributed by atoms with E-state index in [0.29, 0.717) is 0 Å². The Morgan fingerprint density at radius 1 is 1.07 bits per heavy atom. The molecule has 15 atom stereocenters. The van der Waals surface area contributed by atoms with Crippen LogP contribution in [0.3, 0.4) is 0 Å². The van der Waals surface area contributed by atoms with Crippen molar-refractivity contribution in [1.82, 2.24) is 5.32 Å². The second kappa shape index (κ2) is 14.3. The Hall–Kier alpha value is -1.46. The first-order valence-electron chi connectivity index (χ1n) is 13.0. The van der Waals surface area contributed by atoms with Crippen LogP contribution in [0.15, 0.2) is 0 Å². The number of hydrogen-bond donors (Lipinski definition) is 11. The van der Waals surface area contributed by atoms with Crippen LogP contribution in [0.1, 0.15) is 13.3 Å². The molecule has 0 radical (unpaired) electrons. The zero-order valence-electron chi connectivity index (χ0n) is 22.2. The molecule has 3 rings (SSSR count). The van der Waals surface area contributed by atoms with E-state index in [4.69, 9.17) is 29.4 Å². The molecule has 13 unspecified atom stereocenters. The SMILES string of the molecule is CC(=O)NC1C(O)CC(C=O)(OC2C(O)C(CO)OC(OC3C(CO)OCC(N)C3O)C2O)OC1[C@H](O)[C@H](O)CO. The number of nitrogens with one attached hydrogen (secondary N) is 1. The van der Waals surface area contributed by atoms with Gasteiger partial charge >= 0.3 is 0 Å². The van der Waals surface area contributed by atoms with E-state index in [1.54, 1.807) is 0 Å². The molecule has 41 heavy (non-hydrogen) atoms. The van der Waals surface area contributed by atoms with Crippen LogP contribution in [0.4, 0.5) is 0 Å². The Balaban J connectivity index is 1.90. The van der Waals surface area contributed by atoms with Crippen LogP contribution in [-0.4, -0.2) is 176 Å². The van der Waals surface area contributed by atoms with E-state index in [-0.39, 0.29) is 12.9 Å². The summed E-state index contributed by atoms with van der Waals surface area (Å²) in [6.45, 7) is -1.41. The standard InChI is InChI=1S/C23H40N2O16/c1-8(30)25-14-10(31)2-23(7-29,40-20(14)16(34)11(32)3-26)41-21-17(35)12(4-27)38-22(18(21)36)39-19-13(5-28)37-6-9(24)15(19)33/h7,9-22,26-28,31-36H,2-6,24H2,1H3,(H,25,30)/t9?,10?,11-,12?,13?,14?,15?,16-,17?,18?,19?,20?,21?,22?,23?/m1/s1. The van der Waals surface area contributed by atoms with E-state index in [0.717, 1.165) is 6.92 Å². The Kier molecular flexibility index (Phi) is 11.9. The minimum Gasteiger partial charge on any atom is -0.394 e. The molecule has 1 amide bonds. The van der Waals surface area contributed by atoms with E-state index in [2.05, 4.69) is 5.32 Å². The molecule has 0 aromatic rings. The van der Waals surface area contributed by atoms with Gasteiger partial charge in [-0.2, -0.15) is 0 Å². The van der Waals surface area contributed by atoms with Crippen LogP contribution in [-0.2, 0) is 33.3 Å². The first kappa shape index (κ1) is 34.0. The summed E-state index contributed by atoms with van der Waals surface area (Å²) >= 11 is 0. The van der Waals surface area contributed by atoms with Crippen LogP contribution in [0.5, 0.6) is 0 Å². The molecule has 3 aliphatic heterocycles. The van der Waals surface area contributed by atoms with Crippen LogP contribution in [0.2, 0.25) is 0 Å². The smallest absolute Gasteiger partial charge is 0.229 e. The van der Waals surface area contributed by atoms with Crippen LogP contribution in [0, 0.1) is 0 Å². The molecule has 0 aromatic heterocycles. The second-order valence-corrected chi connectivity index (χ2v) is 10.3. The molecule has 3 saturated heterocycles. The minimum absolute atomic E-state index is 0.0590. The maximum absolute atomic E-state index is 12.4. The van der Waals surface area contributed by atoms with Crippen molar-refractivity contribution < 1.29 is 79.2 Å². The highest BCUT2D eigenvalue weighted by molar-refractivity contribution is 5.73. The third-order valence-corrected chi connectivity index (χ3v) is 7.34. The van der Waals surface area contributed by atoms with Crippen molar-refractivity contribution in [2.45, 2.75) is 105 Å². The normalized spacial score (nSPS) is 45.0. The Morgan fingerprint density at radius 2 is 1.73 bits per heavy atom. The average Bonchev–Trinajstić information content (AvgIpc) is 2.95. The Labute approximate surface area is 234 Å². The van der Waals surface area contributed by atoms with Gasteiger partial charge in [-0.15, -0.1) is 0 Å². The van der Waals surface area contributed by atoms with E-state index in [1.165, 1.54) is 0 Å². The number of nitrogens with two attached hydrogens (primary N) is 1. The molecule has 3 fully saturated rings. The Bertz CT molecular complexity index is 870. The number of hydrogen-bond acceptors (Lipinski definition) is 17. The zero-order chi connectivity index (χ0) is 30.6. The second-order valence-electron chi connectivity index (χ2n) is 10.3. The largest absolute Gasteiger partial charge is 0.394 e. The molecular weight excluding hydrogens is 560 g/mol. The van der Waals surface area contributed by atoms with Gasteiger partial charge in [-0.3, -0.25) is 9.59 Å². The number of rotatable bonds is 11. The van der Waals surface area contributed by atoms with E-state index >= 15 is 0 Å². The molecule has 18 nitrogen and oxygen atoms in total. The summed E-state index contributed by atoms with van der Waals surface area (Å²) < 4.78 is 27.8. The van der Waals surface area contributed by atoms with E-state index < -0.39 is 123 Å². The zero-order valence-corrected chi connectivity index (χ0v) is 22.2. The number of carbonyl (C=O) groups excluding carboxylic acids is 2. The van der Waals surface area contributed by atoms with Gasteiger partial charge in [0, 0.05) is 13.3 Å². The molecule has 0 aromatic carbocycles.